The number of hydrogen-bond acceptors (Lipinski definition) is 5. The minimum atomic E-state index is -0.999. The molecule has 0 spiro atoms. The van der Waals surface area contributed by atoms with Crippen LogP contribution in [0.3, 0.4) is 0 Å². The zero-order valence-electron chi connectivity index (χ0n) is 16.2. The molecule has 0 radical (unpaired) electrons. The largest absolute Gasteiger partial charge is 0.478 e. The zero-order chi connectivity index (χ0) is 20.5. The molecule has 4 N–H and O–H groups in total. The number of carboxylic acid groups (broad SMARTS) is 1. The molecule has 1 aromatic carbocycles. The molecule has 0 unspecified atom stereocenters. The first kappa shape index (κ1) is 20.7. The third-order valence-corrected chi connectivity index (χ3v) is 6.36. The molecule has 8 heteroatoms. The first-order valence-corrected chi connectivity index (χ1v) is 10.4. The number of aromatic carboxylic acids is 1. The number of amides is 2. The second-order valence-corrected chi connectivity index (χ2v) is 9.35. The normalized spacial score (nSPS) is 15.0. The van der Waals surface area contributed by atoms with Gasteiger partial charge in [-0.1, -0.05) is 44.4 Å². The maximum absolute atomic E-state index is 12.6. The quantitative estimate of drug-likeness (QED) is 0.448. The van der Waals surface area contributed by atoms with E-state index in [1.807, 2.05) is 25.1 Å². The van der Waals surface area contributed by atoms with Crippen LogP contribution in [0, 0.1) is 12.3 Å². The number of rotatable bonds is 5. The van der Waals surface area contributed by atoms with Crippen LogP contribution >= 0.6 is 24.2 Å². The molecular weight excluding hydrogens is 394 g/mol. The summed E-state index contributed by atoms with van der Waals surface area (Å²) < 4.78 is 2.79. The van der Waals surface area contributed by atoms with Crippen molar-refractivity contribution in [3.8, 4) is 0 Å². The van der Waals surface area contributed by atoms with Crippen LogP contribution in [-0.4, -0.2) is 17.1 Å². The molecule has 0 saturated carbocycles. The number of carboxylic acids is 1. The number of hydrogen-bond donors (Lipinski definition) is 5. The third-order valence-electron chi connectivity index (χ3n) is 4.99. The van der Waals surface area contributed by atoms with Crippen molar-refractivity contribution in [2.45, 2.75) is 46.6 Å². The summed E-state index contributed by atoms with van der Waals surface area (Å²) in [5.41, 5.74) is 3.78. The number of benzene rings is 1. The lowest BCUT2D eigenvalue weighted by Gasteiger charge is -2.29. The van der Waals surface area contributed by atoms with Gasteiger partial charge >= 0.3 is 12.0 Å². The van der Waals surface area contributed by atoms with Crippen molar-refractivity contribution in [2.24, 2.45) is 5.41 Å². The van der Waals surface area contributed by atoms with E-state index in [1.165, 1.54) is 11.3 Å². The van der Waals surface area contributed by atoms with Crippen LogP contribution in [0.4, 0.5) is 15.5 Å². The minimum Gasteiger partial charge on any atom is -0.478 e. The highest BCUT2D eigenvalue weighted by molar-refractivity contribution is 7.78. The van der Waals surface area contributed by atoms with Crippen molar-refractivity contribution < 1.29 is 14.7 Å². The van der Waals surface area contributed by atoms with Gasteiger partial charge in [0, 0.05) is 17.1 Å². The van der Waals surface area contributed by atoms with E-state index in [0.29, 0.717) is 23.7 Å². The summed E-state index contributed by atoms with van der Waals surface area (Å²) >= 11 is 5.40. The Morgan fingerprint density at radius 3 is 2.71 bits per heavy atom. The Balaban J connectivity index is 1.84. The fourth-order valence-electron chi connectivity index (χ4n) is 3.57. The van der Waals surface area contributed by atoms with E-state index in [-0.39, 0.29) is 11.0 Å². The molecule has 2 amide bonds. The molecule has 1 aromatic heterocycles. The SMILES string of the molecule is Cc1ccc(NC(=O)Nc2sc3c(c2C(=O)O)CC(C)(C)CC3)c(CNS)c1. The summed E-state index contributed by atoms with van der Waals surface area (Å²) in [5, 5.41) is 15.7. The summed E-state index contributed by atoms with van der Waals surface area (Å²) in [6, 6.07) is 5.25. The summed E-state index contributed by atoms with van der Waals surface area (Å²) in [6.07, 6.45) is 2.56. The molecule has 3 rings (SSSR count). The van der Waals surface area contributed by atoms with Crippen molar-refractivity contribution in [1.29, 1.82) is 0 Å². The van der Waals surface area contributed by atoms with Crippen LogP contribution < -0.4 is 15.4 Å². The van der Waals surface area contributed by atoms with Gasteiger partial charge in [0.1, 0.15) is 5.00 Å². The first-order chi connectivity index (χ1) is 13.2. The molecule has 0 bridgehead atoms. The van der Waals surface area contributed by atoms with Crippen molar-refractivity contribution in [3.63, 3.8) is 0 Å². The summed E-state index contributed by atoms with van der Waals surface area (Å²) in [6.45, 7) is 6.76. The van der Waals surface area contributed by atoms with Crippen molar-refractivity contribution in [2.75, 3.05) is 10.6 Å². The molecule has 0 aliphatic heterocycles. The Morgan fingerprint density at radius 2 is 2.04 bits per heavy atom. The van der Waals surface area contributed by atoms with E-state index in [1.54, 1.807) is 0 Å². The van der Waals surface area contributed by atoms with E-state index < -0.39 is 12.0 Å². The molecule has 28 heavy (non-hydrogen) atoms. The lowest BCUT2D eigenvalue weighted by atomic mass is 9.76. The zero-order valence-corrected chi connectivity index (χ0v) is 17.9. The molecule has 0 fully saturated rings. The first-order valence-electron chi connectivity index (χ1n) is 9.12. The number of thiophene rings is 1. The van der Waals surface area contributed by atoms with E-state index in [4.69, 9.17) is 0 Å². The molecule has 1 aliphatic carbocycles. The second-order valence-electron chi connectivity index (χ2n) is 7.93. The Morgan fingerprint density at radius 1 is 1.29 bits per heavy atom. The predicted octanol–water partition coefficient (Wildman–Crippen LogP) is 4.85. The van der Waals surface area contributed by atoms with Crippen LogP contribution in [0.2, 0.25) is 0 Å². The van der Waals surface area contributed by atoms with Crippen LogP contribution in [0.1, 0.15) is 52.2 Å². The highest BCUT2D eigenvalue weighted by atomic mass is 32.1. The number of carbonyl (C=O) groups is 2. The summed E-state index contributed by atoms with van der Waals surface area (Å²) in [5.74, 6) is -0.999. The van der Waals surface area contributed by atoms with Gasteiger partial charge in [-0.2, -0.15) is 0 Å². The van der Waals surface area contributed by atoms with Gasteiger partial charge in [0.2, 0.25) is 0 Å². The molecular formula is C20H25N3O3S2. The van der Waals surface area contributed by atoms with E-state index in [0.717, 1.165) is 34.4 Å². The summed E-state index contributed by atoms with van der Waals surface area (Å²) in [7, 11) is 0. The van der Waals surface area contributed by atoms with Crippen molar-refractivity contribution in [1.82, 2.24) is 4.72 Å². The number of urea groups is 1. The lowest BCUT2D eigenvalue weighted by Crippen LogP contribution is -2.23. The standard InChI is InChI=1S/C20H25N3O3S2/c1-11-4-5-14(12(8-11)10-21-27)22-19(26)23-17-16(18(24)25)13-9-20(2,3)7-6-15(13)28-17/h4-5,8,21,27H,6-7,9-10H2,1-3H3,(H,24,25)(H2,22,23,26). The van der Waals surface area contributed by atoms with Gasteiger partial charge in [0.25, 0.3) is 0 Å². The van der Waals surface area contributed by atoms with Gasteiger partial charge in [-0.15, -0.1) is 11.3 Å². The smallest absolute Gasteiger partial charge is 0.339 e. The van der Waals surface area contributed by atoms with Crippen molar-refractivity contribution >= 4 is 46.8 Å². The molecule has 2 aromatic rings. The molecule has 150 valence electrons. The molecule has 6 nitrogen and oxygen atoms in total. The number of nitrogens with one attached hydrogen (secondary N) is 3. The van der Waals surface area contributed by atoms with Crippen LogP contribution in [0.5, 0.6) is 0 Å². The van der Waals surface area contributed by atoms with Gasteiger partial charge in [0.15, 0.2) is 0 Å². The topological polar surface area (TPSA) is 90.5 Å². The number of fused-ring (bicyclic) bond motifs is 1. The van der Waals surface area contributed by atoms with Gasteiger partial charge < -0.3 is 10.4 Å². The Labute approximate surface area is 174 Å². The fraction of sp³-hybridized carbons (Fsp3) is 0.400. The second kappa shape index (κ2) is 8.14. The van der Waals surface area contributed by atoms with Crippen LogP contribution in [0.15, 0.2) is 18.2 Å². The maximum atomic E-state index is 12.6. The summed E-state index contributed by atoms with van der Waals surface area (Å²) in [4.78, 5) is 25.5. The Kier molecular flexibility index (Phi) is 6.02. The average molecular weight is 420 g/mol. The van der Waals surface area contributed by atoms with Crippen molar-refractivity contribution in [3.05, 3.63) is 45.3 Å². The number of aryl methyl sites for hydroxylation is 2. The van der Waals surface area contributed by atoms with Gasteiger partial charge in [-0.05, 0) is 48.8 Å². The molecule has 1 aliphatic rings. The number of anilines is 2. The molecule has 0 saturated heterocycles. The number of carbonyl (C=O) groups excluding carboxylic acids is 1. The third kappa shape index (κ3) is 4.51. The molecule has 0 atom stereocenters. The lowest BCUT2D eigenvalue weighted by molar-refractivity contribution is 0.0696. The van der Waals surface area contributed by atoms with Crippen LogP contribution in [0.25, 0.3) is 0 Å². The van der Waals surface area contributed by atoms with Crippen LogP contribution in [-0.2, 0) is 19.4 Å². The van der Waals surface area contributed by atoms with E-state index >= 15 is 0 Å². The fourth-order valence-corrected chi connectivity index (χ4v) is 4.94. The monoisotopic (exact) mass is 419 g/mol. The van der Waals surface area contributed by atoms with E-state index in [9.17, 15) is 14.7 Å². The minimum absolute atomic E-state index is 0.0640. The number of thiol groups is 1. The average Bonchev–Trinajstić information content (AvgIpc) is 2.93. The van der Waals surface area contributed by atoms with Gasteiger partial charge in [0.05, 0.1) is 5.56 Å². The Bertz CT molecular complexity index is 922. The predicted molar refractivity (Wildman–Crippen MR) is 117 cm³/mol. The Hall–Kier alpha value is -2.03. The van der Waals surface area contributed by atoms with Gasteiger partial charge in [-0.3, -0.25) is 10.0 Å². The highest BCUT2D eigenvalue weighted by Crippen LogP contribution is 2.43. The van der Waals surface area contributed by atoms with E-state index in [2.05, 4.69) is 42.0 Å². The highest BCUT2D eigenvalue weighted by Gasteiger charge is 2.33. The molecule has 1 heterocycles. The van der Waals surface area contributed by atoms with Gasteiger partial charge in [-0.25, -0.2) is 9.59 Å². The maximum Gasteiger partial charge on any atom is 0.339 e.